The van der Waals surface area contributed by atoms with Crippen LogP contribution in [0.2, 0.25) is 0 Å². The molecule has 0 aliphatic heterocycles. The van der Waals surface area contributed by atoms with E-state index in [-0.39, 0.29) is 16.9 Å². The number of anilines is 1. The first-order valence-corrected chi connectivity index (χ1v) is 11.6. The minimum absolute atomic E-state index is 0.141. The summed E-state index contributed by atoms with van der Waals surface area (Å²) in [6.45, 7) is 5.44. The molecule has 0 unspecified atom stereocenters. The summed E-state index contributed by atoms with van der Waals surface area (Å²) in [4.78, 5) is 24.7. The number of benzene rings is 2. The van der Waals surface area contributed by atoms with E-state index in [1.54, 1.807) is 42.5 Å². The number of thiocarbonyl (C=S) groups is 1. The summed E-state index contributed by atoms with van der Waals surface area (Å²) in [5.74, 6) is 0.213. The highest BCUT2D eigenvalue weighted by Crippen LogP contribution is 2.26. The van der Waals surface area contributed by atoms with E-state index in [9.17, 15) is 9.59 Å². The molecule has 0 aliphatic rings. The van der Waals surface area contributed by atoms with Crippen molar-refractivity contribution < 1.29 is 14.3 Å². The minimum atomic E-state index is -0.341. The van der Waals surface area contributed by atoms with Crippen LogP contribution < -0.4 is 20.7 Å². The molecule has 6 nitrogen and oxygen atoms in total. The van der Waals surface area contributed by atoms with Crippen LogP contribution in [0.3, 0.4) is 0 Å². The van der Waals surface area contributed by atoms with Gasteiger partial charge >= 0.3 is 0 Å². The Hall–Kier alpha value is -2.45. The fourth-order valence-corrected chi connectivity index (χ4v) is 3.35. The Morgan fingerprint density at radius 3 is 2.45 bits per heavy atom. The van der Waals surface area contributed by atoms with Gasteiger partial charge in [-0.05, 0) is 77.4 Å². The Bertz CT molecular complexity index is 921. The van der Waals surface area contributed by atoms with Crippen LogP contribution in [0.4, 0.5) is 5.69 Å². The van der Waals surface area contributed by atoms with Crippen LogP contribution in [0.25, 0.3) is 0 Å². The topological polar surface area (TPSA) is 79.5 Å². The van der Waals surface area contributed by atoms with E-state index in [0.717, 1.165) is 25.7 Å². The zero-order chi connectivity index (χ0) is 22.6. The van der Waals surface area contributed by atoms with E-state index in [2.05, 4.69) is 45.7 Å². The molecule has 0 aromatic heterocycles. The Balaban J connectivity index is 1.93. The molecule has 0 radical (unpaired) electrons. The number of hydrogen-bond acceptors (Lipinski definition) is 4. The first kappa shape index (κ1) is 24.8. The van der Waals surface area contributed by atoms with Crippen molar-refractivity contribution in [3.8, 4) is 5.75 Å². The lowest BCUT2D eigenvalue weighted by atomic mass is 10.2. The zero-order valence-corrected chi connectivity index (χ0v) is 20.2. The molecule has 0 bridgehead atoms. The highest BCUT2D eigenvalue weighted by molar-refractivity contribution is 9.10. The predicted octanol–water partition coefficient (Wildman–Crippen LogP) is 5.28. The quantitative estimate of drug-likeness (QED) is 0.302. The van der Waals surface area contributed by atoms with Crippen molar-refractivity contribution in [1.29, 1.82) is 0 Å². The molecular weight excluding hydrogens is 478 g/mol. The van der Waals surface area contributed by atoms with E-state index < -0.39 is 0 Å². The first-order chi connectivity index (χ1) is 14.9. The molecule has 0 atom stereocenters. The van der Waals surface area contributed by atoms with Gasteiger partial charge in [0.15, 0.2) is 5.11 Å². The third-order valence-electron chi connectivity index (χ3n) is 4.38. The van der Waals surface area contributed by atoms with Crippen LogP contribution in [-0.4, -0.2) is 30.1 Å². The smallest absolute Gasteiger partial charge is 0.257 e. The summed E-state index contributed by atoms with van der Waals surface area (Å²) >= 11 is 8.70. The van der Waals surface area contributed by atoms with Crippen LogP contribution in [-0.2, 0) is 0 Å². The number of rotatable bonds is 10. The number of nitrogens with one attached hydrogen (secondary N) is 3. The number of amides is 2. The van der Waals surface area contributed by atoms with Gasteiger partial charge in [-0.2, -0.15) is 0 Å². The molecule has 2 aromatic carbocycles. The second kappa shape index (κ2) is 13.1. The molecule has 0 fully saturated rings. The van der Waals surface area contributed by atoms with Gasteiger partial charge in [0, 0.05) is 23.4 Å². The second-order valence-corrected chi connectivity index (χ2v) is 8.21. The molecule has 8 heteroatoms. The summed E-state index contributed by atoms with van der Waals surface area (Å²) in [5.41, 5.74) is 1.59. The second-order valence-electron chi connectivity index (χ2n) is 6.95. The lowest BCUT2D eigenvalue weighted by Gasteiger charge is -2.12. The third kappa shape index (κ3) is 8.30. The average molecular weight is 506 g/mol. The molecule has 0 aliphatic carbocycles. The number of hydrogen-bond donors (Lipinski definition) is 3. The maximum atomic E-state index is 12.5. The summed E-state index contributed by atoms with van der Waals surface area (Å²) in [6.07, 6.45) is 3.97. The van der Waals surface area contributed by atoms with Gasteiger partial charge in [0.05, 0.1) is 11.1 Å². The predicted molar refractivity (Wildman–Crippen MR) is 132 cm³/mol. The van der Waals surface area contributed by atoms with E-state index >= 15 is 0 Å². The van der Waals surface area contributed by atoms with Gasteiger partial charge in [0.1, 0.15) is 5.75 Å². The number of ether oxygens (including phenoxy) is 1. The van der Waals surface area contributed by atoms with Crippen molar-refractivity contribution >= 4 is 50.8 Å². The number of carbonyl (C=O) groups excluding carboxylic acids is 2. The fourth-order valence-electron chi connectivity index (χ4n) is 2.64. The normalized spacial score (nSPS) is 10.3. The summed E-state index contributed by atoms with van der Waals surface area (Å²) in [6, 6.07) is 12.1. The van der Waals surface area contributed by atoms with Gasteiger partial charge in [0.25, 0.3) is 11.8 Å². The molecular formula is C23H28BrN3O3S. The van der Waals surface area contributed by atoms with Gasteiger partial charge < -0.3 is 15.4 Å². The molecule has 0 heterocycles. The molecule has 0 spiro atoms. The Labute approximate surface area is 197 Å². The van der Waals surface area contributed by atoms with Gasteiger partial charge in [-0.15, -0.1) is 0 Å². The van der Waals surface area contributed by atoms with Crippen molar-refractivity contribution in [1.82, 2.24) is 10.6 Å². The van der Waals surface area contributed by atoms with Crippen LogP contribution >= 0.6 is 28.1 Å². The number of carbonyl (C=O) groups is 2. The minimum Gasteiger partial charge on any atom is -0.492 e. The molecule has 3 N–H and O–H groups in total. The standard InChI is InChI=1S/C23H28BrN3O3S/c1-3-5-12-25-21(28)16-8-7-9-18(14-16)26-23(31)27-22(29)17-10-11-20(19(24)15-17)30-13-6-4-2/h7-11,14-15H,3-6,12-13H2,1-2H3,(H,25,28)(H2,26,27,29,31). The van der Waals surface area contributed by atoms with E-state index in [1.165, 1.54) is 0 Å². The summed E-state index contributed by atoms with van der Waals surface area (Å²) < 4.78 is 6.39. The average Bonchev–Trinajstić information content (AvgIpc) is 2.75. The number of halogens is 1. The van der Waals surface area contributed by atoms with Gasteiger partial charge in [-0.25, -0.2) is 0 Å². The van der Waals surface area contributed by atoms with Crippen molar-refractivity contribution in [3.05, 3.63) is 58.1 Å². The maximum absolute atomic E-state index is 12.5. The van der Waals surface area contributed by atoms with E-state index in [1.807, 2.05) is 0 Å². The van der Waals surface area contributed by atoms with Gasteiger partial charge in [-0.1, -0.05) is 32.8 Å². The SMILES string of the molecule is CCCCNC(=O)c1cccc(NC(=S)NC(=O)c2ccc(OCCCC)c(Br)c2)c1. The largest absolute Gasteiger partial charge is 0.492 e. The highest BCUT2D eigenvalue weighted by atomic mass is 79.9. The lowest BCUT2D eigenvalue weighted by Crippen LogP contribution is -2.34. The van der Waals surface area contributed by atoms with Crippen LogP contribution in [0.5, 0.6) is 5.75 Å². The van der Waals surface area contributed by atoms with Crippen molar-refractivity contribution in [2.24, 2.45) is 0 Å². The number of unbranched alkanes of at least 4 members (excludes halogenated alkanes) is 2. The Morgan fingerprint density at radius 2 is 1.74 bits per heavy atom. The third-order valence-corrected chi connectivity index (χ3v) is 5.20. The fraction of sp³-hybridized carbons (Fsp3) is 0.348. The van der Waals surface area contributed by atoms with E-state index in [4.69, 9.17) is 17.0 Å². The van der Waals surface area contributed by atoms with Crippen molar-refractivity contribution in [2.75, 3.05) is 18.5 Å². The van der Waals surface area contributed by atoms with Crippen LogP contribution in [0.1, 0.15) is 60.2 Å². The van der Waals surface area contributed by atoms with Crippen LogP contribution in [0, 0.1) is 0 Å². The molecule has 166 valence electrons. The van der Waals surface area contributed by atoms with Crippen molar-refractivity contribution in [3.63, 3.8) is 0 Å². The first-order valence-electron chi connectivity index (χ1n) is 10.4. The molecule has 31 heavy (non-hydrogen) atoms. The Morgan fingerprint density at radius 1 is 1.00 bits per heavy atom. The summed E-state index contributed by atoms with van der Waals surface area (Å²) in [7, 11) is 0. The van der Waals surface area contributed by atoms with E-state index in [0.29, 0.717) is 40.2 Å². The maximum Gasteiger partial charge on any atom is 0.257 e. The zero-order valence-electron chi connectivity index (χ0n) is 17.8. The van der Waals surface area contributed by atoms with Crippen molar-refractivity contribution in [2.45, 2.75) is 39.5 Å². The highest BCUT2D eigenvalue weighted by Gasteiger charge is 2.12. The molecule has 2 rings (SSSR count). The molecule has 2 aromatic rings. The monoisotopic (exact) mass is 505 g/mol. The van der Waals surface area contributed by atoms with Gasteiger partial charge in [-0.3, -0.25) is 14.9 Å². The molecule has 0 saturated heterocycles. The van der Waals surface area contributed by atoms with Gasteiger partial charge in [0.2, 0.25) is 0 Å². The Kier molecular flexibility index (Phi) is 10.5. The lowest BCUT2D eigenvalue weighted by molar-refractivity contribution is 0.0950. The summed E-state index contributed by atoms with van der Waals surface area (Å²) in [5, 5.41) is 8.62. The molecule has 2 amide bonds. The van der Waals surface area contributed by atoms with Crippen LogP contribution in [0.15, 0.2) is 46.9 Å². The molecule has 0 saturated carbocycles.